The van der Waals surface area contributed by atoms with Gasteiger partial charge in [-0.15, -0.1) is 0 Å². The molecule has 1 fully saturated rings. The molecule has 1 saturated carbocycles. The molecule has 4 heteroatoms. The van der Waals surface area contributed by atoms with Crippen LogP contribution in [0.5, 0.6) is 0 Å². The van der Waals surface area contributed by atoms with Gasteiger partial charge in [0.05, 0.1) is 18.8 Å². The Morgan fingerprint density at radius 3 is 2.50 bits per heavy atom. The van der Waals surface area contributed by atoms with Crippen LogP contribution < -0.4 is 5.32 Å². The van der Waals surface area contributed by atoms with Crippen LogP contribution in [0.2, 0.25) is 0 Å². The summed E-state index contributed by atoms with van der Waals surface area (Å²) >= 11 is 0. The fourth-order valence-electron chi connectivity index (χ4n) is 2.47. The molecule has 0 heterocycles. The fourth-order valence-corrected chi connectivity index (χ4v) is 2.47. The molecule has 0 aromatic heterocycles. The van der Waals surface area contributed by atoms with Crippen LogP contribution in [-0.4, -0.2) is 52.2 Å². The molecule has 0 unspecified atom stereocenters. The van der Waals surface area contributed by atoms with Crippen LogP contribution in [0.25, 0.3) is 0 Å². The molecule has 0 aliphatic heterocycles. The maximum Gasteiger partial charge on any atom is 0.0708 e. The van der Waals surface area contributed by atoms with E-state index in [-0.39, 0.29) is 5.60 Å². The number of rotatable bonds is 13. The largest absolute Gasteiger partial charge is 0.385 e. The lowest BCUT2D eigenvalue weighted by Gasteiger charge is -2.42. The van der Waals surface area contributed by atoms with Gasteiger partial charge in [-0.3, -0.25) is 0 Å². The molecule has 0 radical (unpaired) electrons. The maximum atomic E-state index is 6.08. The number of hydrogen-bond donors (Lipinski definition) is 1. The van der Waals surface area contributed by atoms with Crippen molar-refractivity contribution in [3.63, 3.8) is 0 Å². The summed E-state index contributed by atoms with van der Waals surface area (Å²) in [6, 6.07) is 0. The summed E-state index contributed by atoms with van der Waals surface area (Å²) in [5.41, 5.74) is 0.139. The highest BCUT2D eigenvalue weighted by Gasteiger charge is 2.37. The van der Waals surface area contributed by atoms with Crippen molar-refractivity contribution >= 4 is 0 Å². The third-order valence-corrected chi connectivity index (χ3v) is 3.85. The lowest BCUT2D eigenvalue weighted by molar-refractivity contribution is -0.118. The Kier molecular flexibility index (Phi) is 9.44. The zero-order valence-corrected chi connectivity index (χ0v) is 13.6. The summed E-state index contributed by atoms with van der Waals surface area (Å²) in [7, 11) is 1.72. The smallest absolute Gasteiger partial charge is 0.0708 e. The molecule has 0 saturated heterocycles. The molecular formula is C16H33NO3. The molecule has 0 aromatic carbocycles. The van der Waals surface area contributed by atoms with Gasteiger partial charge in [0.15, 0.2) is 0 Å². The van der Waals surface area contributed by atoms with E-state index in [1.165, 1.54) is 19.3 Å². The molecule has 120 valence electrons. The van der Waals surface area contributed by atoms with Crippen molar-refractivity contribution < 1.29 is 14.2 Å². The SMILES string of the molecule is COCCCOCCOC1(CCNCC(C)C)CCC1. The summed E-state index contributed by atoms with van der Waals surface area (Å²) in [4.78, 5) is 0. The summed E-state index contributed by atoms with van der Waals surface area (Å²) in [5.74, 6) is 0.716. The molecule has 4 nitrogen and oxygen atoms in total. The molecule has 0 aromatic rings. The van der Waals surface area contributed by atoms with Crippen molar-refractivity contribution in [3.05, 3.63) is 0 Å². The van der Waals surface area contributed by atoms with E-state index in [4.69, 9.17) is 14.2 Å². The van der Waals surface area contributed by atoms with E-state index >= 15 is 0 Å². The molecule has 0 bridgehead atoms. The first kappa shape index (κ1) is 17.9. The third-order valence-electron chi connectivity index (χ3n) is 3.85. The van der Waals surface area contributed by atoms with Gasteiger partial charge in [0.1, 0.15) is 0 Å². The third kappa shape index (κ3) is 7.58. The van der Waals surface area contributed by atoms with Crippen molar-refractivity contribution in [2.45, 2.75) is 51.6 Å². The van der Waals surface area contributed by atoms with Crippen LogP contribution in [0.4, 0.5) is 0 Å². The summed E-state index contributed by atoms with van der Waals surface area (Å²) in [6.07, 6.45) is 5.81. The number of methoxy groups -OCH3 is 1. The van der Waals surface area contributed by atoms with Crippen LogP contribution in [0, 0.1) is 5.92 Å². The highest BCUT2D eigenvalue weighted by atomic mass is 16.5. The minimum atomic E-state index is 0.139. The highest BCUT2D eigenvalue weighted by Crippen LogP contribution is 2.38. The van der Waals surface area contributed by atoms with Gasteiger partial charge in [0.25, 0.3) is 0 Å². The van der Waals surface area contributed by atoms with Crippen molar-refractivity contribution in [3.8, 4) is 0 Å². The number of hydrogen-bond acceptors (Lipinski definition) is 4. The predicted octanol–water partition coefficient (Wildman–Crippen LogP) is 2.61. The Labute approximate surface area is 124 Å². The van der Waals surface area contributed by atoms with E-state index in [1.807, 2.05) is 0 Å². The van der Waals surface area contributed by atoms with E-state index in [0.717, 1.165) is 45.8 Å². The Morgan fingerprint density at radius 1 is 1.10 bits per heavy atom. The van der Waals surface area contributed by atoms with Gasteiger partial charge < -0.3 is 19.5 Å². The first-order chi connectivity index (χ1) is 9.68. The Hall–Kier alpha value is -0.160. The number of ether oxygens (including phenoxy) is 3. The van der Waals surface area contributed by atoms with Crippen molar-refractivity contribution in [1.29, 1.82) is 0 Å². The normalized spacial score (nSPS) is 17.4. The average Bonchev–Trinajstić information content (AvgIpc) is 2.38. The van der Waals surface area contributed by atoms with Gasteiger partial charge in [-0.25, -0.2) is 0 Å². The van der Waals surface area contributed by atoms with Crippen LogP contribution >= 0.6 is 0 Å². The van der Waals surface area contributed by atoms with E-state index in [0.29, 0.717) is 12.5 Å². The van der Waals surface area contributed by atoms with Crippen molar-refractivity contribution in [1.82, 2.24) is 5.32 Å². The molecule has 1 aliphatic carbocycles. The second-order valence-corrected chi connectivity index (χ2v) is 6.19. The first-order valence-corrected chi connectivity index (χ1v) is 8.10. The fraction of sp³-hybridized carbons (Fsp3) is 1.00. The van der Waals surface area contributed by atoms with Crippen molar-refractivity contribution in [2.24, 2.45) is 5.92 Å². The zero-order valence-electron chi connectivity index (χ0n) is 13.6. The molecular weight excluding hydrogens is 254 g/mol. The van der Waals surface area contributed by atoms with E-state index in [9.17, 15) is 0 Å². The second-order valence-electron chi connectivity index (χ2n) is 6.19. The zero-order chi connectivity index (χ0) is 14.7. The first-order valence-electron chi connectivity index (χ1n) is 8.10. The highest BCUT2D eigenvalue weighted by molar-refractivity contribution is 4.90. The summed E-state index contributed by atoms with van der Waals surface area (Å²) in [6.45, 7) is 9.59. The van der Waals surface area contributed by atoms with Gasteiger partial charge in [-0.1, -0.05) is 13.8 Å². The van der Waals surface area contributed by atoms with Gasteiger partial charge in [-0.2, -0.15) is 0 Å². The summed E-state index contributed by atoms with van der Waals surface area (Å²) in [5, 5.41) is 3.51. The molecule has 0 atom stereocenters. The monoisotopic (exact) mass is 287 g/mol. The van der Waals surface area contributed by atoms with E-state index in [2.05, 4.69) is 19.2 Å². The lowest BCUT2D eigenvalue weighted by Crippen LogP contribution is -2.43. The predicted molar refractivity (Wildman–Crippen MR) is 82.2 cm³/mol. The van der Waals surface area contributed by atoms with E-state index in [1.54, 1.807) is 7.11 Å². The number of nitrogens with one attached hydrogen (secondary N) is 1. The Bertz CT molecular complexity index is 230. The minimum Gasteiger partial charge on any atom is -0.385 e. The second kappa shape index (κ2) is 10.6. The maximum absolute atomic E-state index is 6.08. The Balaban J connectivity index is 2.00. The van der Waals surface area contributed by atoms with Gasteiger partial charge >= 0.3 is 0 Å². The van der Waals surface area contributed by atoms with Gasteiger partial charge in [-0.05, 0) is 51.1 Å². The Morgan fingerprint density at radius 2 is 1.90 bits per heavy atom. The minimum absolute atomic E-state index is 0.139. The molecule has 0 spiro atoms. The standard InChI is InChI=1S/C16H33NO3/c1-15(2)14-17-9-8-16(6-4-7-16)20-13-12-19-11-5-10-18-3/h15,17H,4-14H2,1-3H3. The van der Waals surface area contributed by atoms with Crippen LogP contribution in [-0.2, 0) is 14.2 Å². The lowest BCUT2D eigenvalue weighted by atomic mass is 9.77. The van der Waals surface area contributed by atoms with E-state index < -0.39 is 0 Å². The molecule has 1 rings (SSSR count). The van der Waals surface area contributed by atoms with Crippen molar-refractivity contribution in [2.75, 3.05) is 46.6 Å². The molecule has 1 N–H and O–H groups in total. The van der Waals surface area contributed by atoms with Crippen LogP contribution in [0.1, 0.15) is 46.0 Å². The molecule has 20 heavy (non-hydrogen) atoms. The van der Waals surface area contributed by atoms with Gasteiger partial charge in [0, 0.05) is 20.3 Å². The van der Waals surface area contributed by atoms with Gasteiger partial charge in [0.2, 0.25) is 0 Å². The molecule has 1 aliphatic rings. The quantitative estimate of drug-likeness (QED) is 0.529. The molecule has 0 amide bonds. The van der Waals surface area contributed by atoms with Crippen LogP contribution in [0.15, 0.2) is 0 Å². The topological polar surface area (TPSA) is 39.7 Å². The average molecular weight is 287 g/mol. The summed E-state index contributed by atoms with van der Waals surface area (Å²) < 4.78 is 16.6. The van der Waals surface area contributed by atoms with Crippen LogP contribution in [0.3, 0.4) is 0 Å².